The van der Waals surface area contributed by atoms with Crippen LogP contribution in [0.3, 0.4) is 0 Å². The summed E-state index contributed by atoms with van der Waals surface area (Å²) in [5.41, 5.74) is 1.75. The van der Waals surface area contributed by atoms with Gasteiger partial charge in [-0.15, -0.1) is 0 Å². The Balaban J connectivity index is 2.74. The molecule has 0 saturated carbocycles. The maximum absolute atomic E-state index is 11.9. The van der Waals surface area contributed by atoms with E-state index in [-0.39, 0.29) is 29.7 Å². The molecule has 0 saturated heterocycles. The number of amides is 2. The van der Waals surface area contributed by atoms with Gasteiger partial charge in [0.05, 0.1) is 0 Å². The van der Waals surface area contributed by atoms with E-state index < -0.39 is 0 Å². The van der Waals surface area contributed by atoms with Crippen molar-refractivity contribution in [2.24, 2.45) is 0 Å². The number of carbonyl (C=O) groups is 2. The molecule has 0 fully saturated rings. The van der Waals surface area contributed by atoms with Gasteiger partial charge in [0.15, 0.2) is 0 Å². The average molecular weight is 276 g/mol. The van der Waals surface area contributed by atoms with Crippen LogP contribution in [0.2, 0.25) is 0 Å². The van der Waals surface area contributed by atoms with Gasteiger partial charge in [-0.1, -0.05) is 39.0 Å². The molecule has 4 nitrogen and oxygen atoms in total. The molecule has 4 heteroatoms. The largest absolute Gasteiger partial charge is 0.353 e. The van der Waals surface area contributed by atoms with Crippen molar-refractivity contribution in [3.05, 3.63) is 29.8 Å². The molecular weight excluding hydrogens is 252 g/mol. The summed E-state index contributed by atoms with van der Waals surface area (Å²) in [5.74, 6) is -0.550. The van der Waals surface area contributed by atoms with E-state index in [0.717, 1.165) is 11.3 Å². The first kappa shape index (κ1) is 16.2. The number of anilines is 1. The molecule has 20 heavy (non-hydrogen) atoms. The highest BCUT2D eigenvalue weighted by Gasteiger charge is 2.19. The highest BCUT2D eigenvalue weighted by molar-refractivity contribution is 6.04. The summed E-state index contributed by atoms with van der Waals surface area (Å²) in [4.78, 5) is 23.5. The number of hydrogen-bond donors (Lipinski definition) is 2. The van der Waals surface area contributed by atoms with Crippen molar-refractivity contribution in [2.45, 2.75) is 52.5 Å². The molecule has 110 valence electrons. The number of nitrogens with one attached hydrogen (secondary N) is 2. The summed E-state index contributed by atoms with van der Waals surface area (Å²) in [6.07, 6.45) is -0.156. The molecule has 1 aromatic rings. The minimum Gasteiger partial charge on any atom is -0.353 e. The van der Waals surface area contributed by atoms with Crippen LogP contribution < -0.4 is 10.6 Å². The van der Waals surface area contributed by atoms with Crippen LogP contribution in [-0.4, -0.2) is 17.9 Å². The number of hydrogen-bond acceptors (Lipinski definition) is 2. The monoisotopic (exact) mass is 276 g/mol. The van der Waals surface area contributed by atoms with Crippen LogP contribution in [-0.2, 0) is 15.0 Å². The van der Waals surface area contributed by atoms with Crippen molar-refractivity contribution in [3.8, 4) is 0 Å². The van der Waals surface area contributed by atoms with E-state index in [9.17, 15) is 9.59 Å². The lowest BCUT2D eigenvalue weighted by Crippen LogP contribution is -2.33. The standard InChI is InChI=1S/C16H24N2O2/c1-11(2)17-14(19)10-15(20)18-13-9-7-6-8-12(13)16(3,4)5/h6-9,11H,10H2,1-5H3,(H,17,19)(H,18,20). The van der Waals surface area contributed by atoms with Gasteiger partial charge in [0, 0.05) is 11.7 Å². The normalized spacial score (nSPS) is 11.3. The summed E-state index contributed by atoms with van der Waals surface area (Å²) in [5, 5.41) is 5.53. The third-order valence-electron chi connectivity index (χ3n) is 2.78. The fraction of sp³-hybridized carbons (Fsp3) is 0.500. The third-order valence-corrected chi connectivity index (χ3v) is 2.78. The molecule has 0 aliphatic heterocycles. The molecule has 0 aliphatic carbocycles. The lowest BCUT2D eigenvalue weighted by atomic mass is 9.86. The maximum atomic E-state index is 11.9. The highest BCUT2D eigenvalue weighted by atomic mass is 16.2. The first-order valence-corrected chi connectivity index (χ1v) is 6.89. The second-order valence-corrected chi connectivity index (χ2v) is 6.24. The first-order valence-electron chi connectivity index (χ1n) is 6.89. The molecule has 0 unspecified atom stereocenters. The predicted octanol–water partition coefficient (Wildman–Crippen LogP) is 2.84. The molecule has 0 aromatic heterocycles. The molecule has 0 bridgehead atoms. The zero-order chi connectivity index (χ0) is 15.3. The van der Waals surface area contributed by atoms with Gasteiger partial charge in [-0.2, -0.15) is 0 Å². The quantitative estimate of drug-likeness (QED) is 0.831. The third kappa shape index (κ3) is 5.03. The Morgan fingerprint density at radius 1 is 1.10 bits per heavy atom. The Bertz CT molecular complexity index is 487. The summed E-state index contributed by atoms with van der Waals surface area (Å²) >= 11 is 0. The van der Waals surface area contributed by atoms with Crippen LogP contribution in [0.4, 0.5) is 5.69 Å². The van der Waals surface area contributed by atoms with Crippen LogP contribution in [0.5, 0.6) is 0 Å². The van der Waals surface area contributed by atoms with Gasteiger partial charge in [-0.3, -0.25) is 9.59 Å². The number of para-hydroxylation sites is 1. The Labute approximate surface area is 121 Å². The SMILES string of the molecule is CC(C)NC(=O)CC(=O)Nc1ccccc1C(C)(C)C. The highest BCUT2D eigenvalue weighted by Crippen LogP contribution is 2.29. The van der Waals surface area contributed by atoms with Crippen molar-refractivity contribution in [2.75, 3.05) is 5.32 Å². The topological polar surface area (TPSA) is 58.2 Å². The average Bonchev–Trinajstić information content (AvgIpc) is 2.26. The number of rotatable bonds is 4. The summed E-state index contributed by atoms with van der Waals surface area (Å²) in [7, 11) is 0. The van der Waals surface area contributed by atoms with Gasteiger partial charge < -0.3 is 10.6 Å². The molecule has 1 aromatic carbocycles. The minimum atomic E-state index is -0.292. The molecule has 0 aliphatic rings. The summed E-state index contributed by atoms with van der Waals surface area (Å²) < 4.78 is 0. The molecule has 0 heterocycles. The van der Waals surface area contributed by atoms with E-state index in [4.69, 9.17) is 0 Å². The van der Waals surface area contributed by atoms with E-state index in [0.29, 0.717) is 0 Å². The first-order chi connectivity index (χ1) is 9.20. The predicted molar refractivity (Wildman–Crippen MR) is 81.7 cm³/mol. The zero-order valence-corrected chi connectivity index (χ0v) is 12.9. The van der Waals surface area contributed by atoms with Crippen LogP contribution in [0, 0.1) is 0 Å². The van der Waals surface area contributed by atoms with Crippen LogP contribution >= 0.6 is 0 Å². The van der Waals surface area contributed by atoms with E-state index in [1.807, 2.05) is 38.1 Å². The fourth-order valence-corrected chi connectivity index (χ4v) is 1.96. The van der Waals surface area contributed by atoms with Gasteiger partial charge in [0.25, 0.3) is 0 Å². The van der Waals surface area contributed by atoms with Crippen molar-refractivity contribution >= 4 is 17.5 Å². The maximum Gasteiger partial charge on any atom is 0.233 e. The van der Waals surface area contributed by atoms with Crippen molar-refractivity contribution < 1.29 is 9.59 Å². The van der Waals surface area contributed by atoms with Crippen molar-refractivity contribution in [1.82, 2.24) is 5.32 Å². The Morgan fingerprint density at radius 3 is 2.25 bits per heavy atom. The molecule has 2 amide bonds. The molecule has 0 radical (unpaired) electrons. The lowest BCUT2D eigenvalue weighted by molar-refractivity contribution is -0.127. The van der Waals surface area contributed by atoms with Crippen LogP contribution in [0.1, 0.15) is 46.6 Å². The van der Waals surface area contributed by atoms with E-state index >= 15 is 0 Å². The Hall–Kier alpha value is -1.84. The van der Waals surface area contributed by atoms with Gasteiger partial charge in [0.1, 0.15) is 6.42 Å². The molecular formula is C16H24N2O2. The van der Waals surface area contributed by atoms with Gasteiger partial charge in [-0.05, 0) is 30.9 Å². The van der Waals surface area contributed by atoms with Crippen molar-refractivity contribution in [1.29, 1.82) is 0 Å². The van der Waals surface area contributed by atoms with Gasteiger partial charge in [-0.25, -0.2) is 0 Å². The molecule has 0 atom stereocenters. The fourth-order valence-electron chi connectivity index (χ4n) is 1.96. The zero-order valence-electron chi connectivity index (χ0n) is 12.9. The van der Waals surface area contributed by atoms with Crippen LogP contribution in [0.15, 0.2) is 24.3 Å². The van der Waals surface area contributed by atoms with Crippen LogP contribution in [0.25, 0.3) is 0 Å². The minimum absolute atomic E-state index is 0.0390. The number of benzene rings is 1. The summed E-state index contributed by atoms with van der Waals surface area (Å²) in [6.45, 7) is 9.99. The Kier molecular flexibility index (Phi) is 5.31. The van der Waals surface area contributed by atoms with E-state index in [1.54, 1.807) is 0 Å². The van der Waals surface area contributed by atoms with E-state index in [1.165, 1.54) is 0 Å². The van der Waals surface area contributed by atoms with Crippen molar-refractivity contribution in [3.63, 3.8) is 0 Å². The number of carbonyl (C=O) groups excluding carboxylic acids is 2. The second kappa shape index (κ2) is 6.55. The Morgan fingerprint density at radius 2 is 1.70 bits per heavy atom. The molecule has 1 rings (SSSR count). The summed E-state index contributed by atoms with van der Waals surface area (Å²) in [6, 6.07) is 7.71. The van der Waals surface area contributed by atoms with Gasteiger partial charge in [0.2, 0.25) is 11.8 Å². The van der Waals surface area contributed by atoms with Gasteiger partial charge >= 0.3 is 0 Å². The van der Waals surface area contributed by atoms with E-state index in [2.05, 4.69) is 31.4 Å². The smallest absolute Gasteiger partial charge is 0.233 e. The second-order valence-electron chi connectivity index (χ2n) is 6.24. The lowest BCUT2D eigenvalue weighted by Gasteiger charge is -2.23. The molecule has 2 N–H and O–H groups in total. The molecule has 0 spiro atoms.